The molecule has 0 spiro atoms. The Bertz CT molecular complexity index is 299. The van der Waals surface area contributed by atoms with Gasteiger partial charge in [-0.15, -0.1) is 0 Å². The fourth-order valence-corrected chi connectivity index (χ4v) is 1.72. The van der Waals surface area contributed by atoms with Crippen molar-refractivity contribution in [2.24, 2.45) is 0 Å². The van der Waals surface area contributed by atoms with Crippen LogP contribution >= 0.6 is 11.6 Å². The maximum Gasteiger partial charge on any atom is 0.278 e. The molecule has 0 bridgehead atoms. The monoisotopic (exact) mass is 207 g/mol. The van der Waals surface area contributed by atoms with E-state index >= 15 is 0 Å². The second kappa shape index (κ2) is 3.29. The van der Waals surface area contributed by atoms with Crippen LogP contribution in [-0.2, 0) is 5.54 Å². The summed E-state index contributed by atoms with van der Waals surface area (Å²) in [6.07, 6.45) is -2.48. The third-order valence-corrected chi connectivity index (χ3v) is 2.05. The molecule has 0 N–H and O–H groups in total. The second-order valence-electron chi connectivity index (χ2n) is 3.89. The first-order valence-electron chi connectivity index (χ1n) is 4.00. The van der Waals surface area contributed by atoms with Crippen LogP contribution in [0.3, 0.4) is 0 Å². The quantitative estimate of drug-likeness (QED) is 0.660. The largest absolute Gasteiger partial charge is 0.325 e. The minimum Gasteiger partial charge on any atom is -0.325 e. The predicted molar refractivity (Wildman–Crippen MR) is 49.4 cm³/mol. The highest BCUT2D eigenvalue weighted by Crippen LogP contribution is 2.30. The zero-order valence-corrected chi connectivity index (χ0v) is 8.57. The van der Waals surface area contributed by atoms with Gasteiger partial charge in [-0.25, -0.2) is 8.78 Å². The molecule has 1 nitrogen and oxygen atoms in total. The molecule has 1 heterocycles. The van der Waals surface area contributed by atoms with Crippen LogP contribution in [0.4, 0.5) is 8.78 Å². The van der Waals surface area contributed by atoms with Crippen LogP contribution in [0.25, 0.3) is 0 Å². The molecule has 74 valence electrons. The SMILES string of the molecule is CC(C)(C)n1c(Cl)ccc1C(F)F. The molecule has 0 amide bonds. The molecule has 1 aromatic rings. The minimum atomic E-state index is -2.48. The van der Waals surface area contributed by atoms with Gasteiger partial charge in [0, 0.05) is 5.54 Å². The number of alkyl halides is 2. The van der Waals surface area contributed by atoms with Gasteiger partial charge < -0.3 is 4.57 Å². The lowest BCUT2D eigenvalue weighted by molar-refractivity contribution is 0.134. The summed E-state index contributed by atoms with van der Waals surface area (Å²) in [4.78, 5) is 0. The maximum atomic E-state index is 12.5. The Morgan fingerprint density at radius 2 is 1.85 bits per heavy atom. The van der Waals surface area contributed by atoms with Crippen LogP contribution in [0.15, 0.2) is 12.1 Å². The van der Waals surface area contributed by atoms with E-state index in [2.05, 4.69) is 0 Å². The van der Waals surface area contributed by atoms with Gasteiger partial charge in [0.1, 0.15) is 5.15 Å². The number of rotatable bonds is 1. The van der Waals surface area contributed by atoms with Crippen molar-refractivity contribution in [2.45, 2.75) is 32.7 Å². The molecule has 0 aliphatic carbocycles. The molecule has 0 atom stereocenters. The van der Waals surface area contributed by atoms with E-state index in [-0.39, 0.29) is 5.69 Å². The molecule has 0 saturated carbocycles. The standard InChI is InChI=1S/C9H12ClF2N/c1-9(2,3)13-6(8(11)12)4-5-7(13)10/h4-5,8H,1-3H3. The van der Waals surface area contributed by atoms with Crippen LogP contribution in [0.5, 0.6) is 0 Å². The Balaban J connectivity index is 3.25. The minimum absolute atomic E-state index is 0.0301. The van der Waals surface area contributed by atoms with E-state index in [1.807, 2.05) is 20.8 Å². The molecule has 0 unspecified atom stereocenters. The van der Waals surface area contributed by atoms with E-state index in [1.54, 1.807) is 0 Å². The van der Waals surface area contributed by atoms with Gasteiger partial charge >= 0.3 is 0 Å². The molecule has 0 aromatic carbocycles. The number of nitrogens with zero attached hydrogens (tertiary/aromatic N) is 1. The number of aromatic nitrogens is 1. The predicted octanol–water partition coefficient (Wildman–Crippen LogP) is 3.83. The van der Waals surface area contributed by atoms with Crippen LogP contribution in [0.2, 0.25) is 5.15 Å². The van der Waals surface area contributed by atoms with Crippen molar-refractivity contribution >= 4 is 11.6 Å². The van der Waals surface area contributed by atoms with Gasteiger partial charge in [-0.3, -0.25) is 0 Å². The van der Waals surface area contributed by atoms with E-state index in [1.165, 1.54) is 16.7 Å². The smallest absolute Gasteiger partial charge is 0.278 e. The zero-order chi connectivity index (χ0) is 10.2. The first kappa shape index (κ1) is 10.5. The zero-order valence-electron chi connectivity index (χ0n) is 7.81. The summed E-state index contributed by atoms with van der Waals surface area (Å²) in [5.74, 6) is 0. The van der Waals surface area contributed by atoms with Gasteiger partial charge in [0.15, 0.2) is 0 Å². The third kappa shape index (κ3) is 2.02. The summed E-state index contributed by atoms with van der Waals surface area (Å²) in [6, 6.07) is 2.85. The van der Waals surface area contributed by atoms with Crippen LogP contribution in [0.1, 0.15) is 32.9 Å². The van der Waals surface area contributed by atoms with Gasteiger partial charge in [0.05, 0.1) is 5.69 Å². The fraction of sp³-hybridized carbons (Fsp3) is 0.556. The van der Waals surface area contributed by atoms with Crippen molar-refractivity contribution in [1.82, 2.24) is 4.57 Å². The normalized spacial score (nSPS) is 12.5. The molecular weight excluding hydrogens is 196 g/mol. The van der Waals surface area contributed by atoms with Crippen molar-refractivity contribution in [3.63, 3.8) is 0 Å². The lowest BCUT2D eigenvalue weighted by atomic mass is 10.1. The van der Waals surface area contributed by atoms with Crippen LogP contribution in [0, 0.1) is 0 Å². The summed E-state index contributed by atoms with van der Waals surface area (Å²) >= 11 is 5.80. The lowest BCUT2D eigenvalue weighted by Crippen LogP contribution is -2.24. The van der Waals surface area contributed by atoms with Crippen molar-refractivity contribution in [2.75, 3.05) is 0 Å². The molecule has 0 aliphatic heterocycles. The van der Waals surface area contributed by atoms with E-state index in [0.29, 0.717) is 5.15 Å². The van der Waals surface area contributed by atoms with E-state index < -0.39 is 12.0 Å². The summed E-state index contributed by atoms with van der Waals surface area (Å²) in [7, 11) is 0. The average molecular weight is 208 g/mol. The summed E-state index contributed by atoms with van der Waals surface area (Å²) in [6.45, 7) is 5.51. The molecule has 0 saturated heterocycles. The van der Waals surface area contributed by atoms with E-state index in [9.17, 15) is 8.78 Å². The first-order chi connectivity index (χ1) is 5.84. The highest BCUT2D eigenvalue weighted by molar-refractivity contribution is 6.29. The van der Waals surface area contributed by atoms with Crippen molar-refractivity contribution in [3.8, 4) is 0 Å². The number of hydrogen-bond acceptors (Lipinski definition) is 0. The second-order valence-corrected chi connectivity index (χ2v) is 4.28. The Hall–Kier alpha value is -0.570. The number of halogens is 3. The van der Waals surface area contributed by atoms with Crippen LogP contribution < -0.4 is 0 Å². The molecule has 13 heavy (non-hydrogen) atoms. The molecule has 4 heteroatoms. The molecule has 0 fully saturated rings. The summed E-state index contributed by atoms with van der Waals surface area (Å²) < 4.78 is 26.4. The lowest BCUT2D eigenvalue weighted by Gasteiger charge is -2.25. The van der Waals surface area contributed by atoms with Crippen LogP contribution in [-0.4, -0.2) is 4.57 Å². The van der Waals surface area contributed by atoms with Gasteiger partial charge in [-0.05, 0) is 32.9 Å². The topological polar surface area (TPSA) is 4.93 Å². The molecular formula is C9H12ClF2N. The van der Waals surface area contributed by atoms with Gasteiger partial charge in [0.25, 0.3) is 6.43 Å². The van der Waals surface area contributed by atoms with Crippen molar-refractivity contribution < 1.29 is 8.78 Å². The highest BCUT2D eigenvalue weighted by atomic mass is 35.5. The van der Waals surface area contributed by atoms with Gasteiger partial charge in [-0.2, -0.15) is 0 Å². The Kier molecular flexibility index (Phi) is 2.66. The summed E-state index contributed by atoms with van der Waals surface area (Å²) in [5.41, 5.74) is -0.440. The van der Waals surface area contributed by atoms with Crippen molar-refractivity contribution in [1.29, 1.82) is 0 Å². The molecule has 1 rings (SSSR count). The summed E-state index contributed by atoms with van der Waals surface area (Å²) in [5, 5.41) is 0.350. The van der Waals surface area contributed by atoms with E-state index in [4.69, 9.17) is 11.6 Å². The molecule has 1 aromatic heterocycles. The fourth-order valence-electron chi connectivity index (χ4n) is 1.30. The Morgan fingerprint density at radius 1 is 1.31 bits per heavy atom. The first-order valence-corrected chi connectivity index (χ1v) is 4.37. The maximum absolute atomic E-state index is 12.5. The average Bonchev–Trinajstić information content (AvgIpc) is 2.28. The van der Waals surface area contributed by atoms with Gasteiger partial charge in [0.2, 0.25) is 0 Å². The Labute approximate surface area is 81.3 Å². The Morgan fingerprint density at radius 3 is 2.15 bits per heavy atom. The third-order valence-electron chi connectivity index (χ3n) is 1.76. The van der Waals surface area contributed by atoms with Crippen molar-refractivity contribution in [3.05, 3.63) is 23.0 Å². The van der Waals surface area contributed by atoms with Gasteiger partial charge in [-0.1, -0.05) is 11.6 Å². The van der Waals surface area contributed by atoms with E-state index in [0.717, 1.165) is 0 Å². The molecule has 0 aliphatic rings. The highest BCUT2D eigenvalue weighted by Gasteiger charge is 2.23. The molecule has 0 radical (unpaired) electrons. The number of hydrogen-bond donors (Lipinski definition) is 0.